The first-order valence-corrected chi connectivity index (χ1v) is 6.24. The fourth-order valence-electron chi connectivity index (χ4n) is 1.79. The zero-order valence-corrected chi connectivity index (χ0v) is 10.4. The van der Waals surface area contributed by atoms with Crippen molar-refractivity contribution in [2.24, 2.45) is 5.41 Å². The monoisotopic (exact) mass is 200 g/mol. The summed E-state index contributed by atoms with van der Waals surface area (Å²) in [6, 6.07) is 0. The van der Waals surface area contributed by atoms with Gasteiger partial charge in [-0.25, -0.2) is 0 Å². The van der Waals surface area contributed by atoms with Crippen LogP contribution in [0.25, 0.3) is 0 Å². The maximum absolute atomic E-state index is 3.38. The van der Waals surface area contributed by atoms with Crippen molar-refractivity contribution in [3.8, 4) is 0 Å². The van der Waals surface area contributed by atoms with Crippen molar-refractivity contribution in [2.75, 3.05) is 26.2 Å². The molecule has 2 saturated heterocycles. The molecule has 0 radical (unpaired) electrons. The van der Waals surface area contributed by atoms with E-state index in [9.17, 15) is 0 Å². The fraction of sp³-hybridized carbons (Fsp3) is 1.00. The molecule has 0 aromatic rings. The smallest absolute Gasteiger partial charge is 0.00212 e. The van der Waals surface area contributed by atoms with Crippen LogP contribution in [-0.2, 0) is 0 Å². The van der Waals surface area contributed by atoms with Crippen molar-refractivity contribution in [2.45, 2.75) is 47.0 Å². The summed E-state index contributed by atoms with van der Waals surface area (Å²) in [5.41, 5.74) is 0.727. The molecule has 0 bridgehead atoms. The van der Waals surface area contributed by atoms with Crippen LogP contribution in [0.4, 0.5) is 0 Å². The zero-order valence-electron chi connectivity index (χ0n) is 10.4. The van der Waals surface area contributed by atoms with E-state index in [-0.39, 0.29) is 0 Å². The van der Waals surface area contributed by atoms with Gasteiger partial charge < -0.3 is 10.6 Å². The molecule has 14 heavy (non-hydrogen) atoms. The number of nitrogens with one attached hydrogen (secondary N) is 2. The molecule has 2 aliphatic heterocycles. The third-order valence-electron chi connectivity index (χ3n) is 2.66. The van der Waals surface area contributed by atoms with Crippen molar-refractivity contribution >= 4 is 0 Å². The van der Waals surface area contributed by atoms with Gasteiger partial charge in [-0.05, 0) is 31.3 Å². The Morgan fingerprint density at radius 1 is 0.929 bits per heavy atom. The van der Waals surface area contributed by atoms with E-state index in [0.29, 0.717) is 0 Å². The molecular formula is C12H28N2. The van der Waals surface area contributed by atoms with Gasteiger partial charge in [0.2, 0.25) is 0 Å². The van der Waals surface area contributed by atoms with Crippen LogP contribution in [0, 0.1) is 5.41 Å². The minimum absolute atomic E-state index is 0.727. The molecule has 2 nitrogen and oxygen atoms in total. The normalized spacial score (nSPS) is 22.3. The molecule has 2 fully saturated rings. The lowest BCUT2D eigenvalue weighted by Gasteiger charge is -2.45. The van der Waals surface area contributed by atoms with Crippen LogP contribution < -0.4 is 10.6 Å². The summed E-state index contributed by atoms with van der Waals surface area (Å²) < 4.78 is 0. The van der Waals surface area contributed by atoms with Gasteiger partial charge in [0.15, 0.2) is 0 Å². The molecule has 2 aliphatic rings. The Hall–Kier alpha value is -0.0800. The molecule has 0 aromatic carbocycles. The van der Waals surface area contributed by atoms with Gasteiger partial charge in [0.05, 0.1) is 0 Å². The molecule has 2 N–H and O–H groups in total. The Bertz CT molecular complexity index is 111. The molecular weight excluding hydrogens is 172 g/mol. The number of hydrogen-bond donors (Lipinski definition) is 2. The Morgan fingerprint density at radius 2 is 1.36 bits per heavy atom. The predicted octanol–water partition coefficient (Wildman–Crippen LogP) is 2.40. The highest BCUT2D eigenvalue weighted by Crippen LogP contribution is 2.31. The van der Waals surface area contributed by atoms with E-state index < -0.39 is 0 Å². The summed E-state index contributed by atoms with van der Waals surface area (Å²) >= 11 is 0. The molecule has 2 heterocycles. The Balaban J connectivity index is 0.000000294. The van der Waals surface area contributed by atoms with Crippen molar-refractivity contribution in [1.29, 1.82) is 0 Å². The SMILES string of the molecule is C1CC2(CCN1)CNC2.CC.CCC. The lowest BCUT2D eigenvalue weighted by atomic mass is 9.74. The minimum Gasteiger partial charge on any atom is -0.317 e. The van der Waals surface area contributed by atoms with E-state index in [0.717, 1.165) is 5.41 Å². The molecule has 2 rings (SSSR count). The van der Waals surface area contributed by atoms with E-state index in [1.807, 2.05) is 13.8 Å². The van der Waals surface area contributed by atoms with Gasteiger partial charge in [0.25, 0.3) is 0 Å². The van der Waals surface area contributed by atoms with Gasteiger partial charge in [-0.3, -0.25) is 0 Å². The summed E-state index contributed by atoms with van der Waals surface area (Å²) in [6.07, 6.45) is 4.03. The molecule has 86 valence electrons. The number of hydrogen-bond acceptors (Lipinski definition) is 2. The van der Waals surface area contributed by atoms with E-state index in [1.54, 1.807) is 0 Å². The quantitative estimate of drug-likeness (QED) is 0.627. The molecule has 2 heteroatoms. The van der Waals surface area contributed by atoms with Crippen LogP contribution in [0.5, 0.6) is 0 Å². The van der Waals surface area contributed by atoms with Crippen LogP contribution >= 0.6 is 0 Å². The molecule has 1 spiro atoms. The van der Waals surface area contributed by atoms with E-state index in [4.69, 9.17) is 0 Å². The second-order valence-corrected chi connectivity index (χ2v) is 4.06. The second kappa shape index (κ2) is 8.25. The first kappa shape index (κ1) is 13.9. The van der Waals surface area contributed by atoms with Gasteiger partial charge in [-0.1, -0.05) is 34.1 Å². The van der Waals surface area contributed by atoms with E-state index >= 15 is 0 Å². The van der Waals surface area contributed by atoms with Gasteiger partial charge in [-0.2, -0.15) is 0 Å². The summed E-state index contributed by atoms with van der Waals surface area (Å²) in [7, 11) is 0. The molecule has 0 unspecified atom stereocenters. The third-order valence-corrected chi connectivity index (χ3v) is 2.66. The summed E-state index contributed by atoms with van der Waals surface area (Å²) in [4.78, 5) is 0. The second-order valence-electron chi connectivity index (χ2n) is 4.06. The summed E-state index contributed by atoms with van der Waals surface area (Å²) in [5.74, 6) is 0. The summed E-state index contributed by atoms with van der Waals surface area (Å²) in [6.45, 7) is 13.3. The first-order chi connectivity index (χ1) is 6.83. The molecule has 0 saturated carbocycles. The van der Waals surface area contributed by atoms with Gasteiger partial charge in [-0.15, -0.1) is 0 Å². The lowest BCUT2D eigenvalue weighted by molar-refractivity contribution is 0.116. The van der Waals surface area contributed by atoms with Gasteiger partial charge in [0, 0.05) is 13.1 Å². The average molecular weight is 200 g/mol. The topological polar surface area (TPSA) is 24.1 Å². The Labute approximate surface area is 89.9 Å². The lowest BCUT2D eigenvalue weighted by Crippen LogP contribution is -2.57. The van der Waals surface area contributed by atoms with Crippen LogP contribution in [0.3, 0.4) is 0 Å². The number of piperidine rings is 1. The average Bonchev–Trinajstić information content (AvgIpc) is 2.21. The molecule has 0 aliphatic carbocycles. The highest BCUT2D eigenvalue weighted by molar-refractivity contribution is 4.94. The first-order valence-electron chi connectivity index (χ1n) is 6.24. The molecule has 0 aromatic heterocycles. The van der Waals surface area contributed by atoms with Crippen LogP contribution in [-0.4, -0.2) is 26.2 Å². The van der Waals surface area contributed by atoms with Gasteiger partial charge in [0.1, 0.15) is 0 Å². The predicted molar refractivity (Wildman–Crippen MR) is 64.7 cm³/mol. The number of rotatable bonds is 0. The maximum Gasteiger partial charge on any atom is 0.00212 e. The fourth-order valence-corrected chi connectivity index (χ4v) is 1.79. The van der Waals surface area contributed by atoms with Gasteiger partial charge >= 0.3 is 0 Å². The standard InChI is InChI=1S/C7H14N2.C3H8.C2H6/c1-3-8-4-2-7(1)5-9-6-7;1-3-2;1-2/h8-9H,1-6H2;3H2,1-2H3;1-2H3. The molecule has 0 amide bonds. The van der Waals surface area contributed by atoms with E-state index in [2.05, 4.69) is 24.5 Å². The van der Waals surface area contributed by atoms with Crippen LogP contribution in [0.2, 0.25) is 0 Å². The highest BCUT2D eigenvalue weighted by Gasteiger charge is 2.37. The minimum atomic E-state index is 0.727. The van der Waals surface area contributed by atoms with Crippen molar-refractivity contribution in [1.82, 2.24) is 10.6 Å². The van der Waals surface area contributed by atoms with Crippen molar-refractivity contribution < 1.29 is 0 Å². The zero-order chi connectivity index (χ0) is 10.9. The largest absolute Gasteiger partial charge is 0.317 e. The Morgan fingerprint density at radius 3 is 1.57 bits per heavy atom. The Kier molecular flexibility index (Phi) is 8.20. The summed E-state index contributed by atoms with van der Waals surface area (Å²) in [5, 5.41) is 6.72. The van der Waals surface area contributed by atoms with Crippen LogP contribution in [0.15, 0.2) is 0 Å². The van der Waals surface area contributed by atoms with Crippen molar-refractivity contribution in [3.05, 3.63) is 0 Å². The highest BCUT2D eigenvalue weighted by atomic mass is 15.0. The van der Waals surface area contributed by atoms with E-state index in [1.165, 1.54) is 45.4 Å². The third kappa shape index (κ3) is 4.43. The maximum atomic E-state index is 3.38. The van der Waals surface area contributed by atoms with Crippen LogP contribution in [0.1, 0.15) is 47.0 Å². The van der Waals surface area contributed by atoms with Crippen molar-refractivity contribution in [3.63, 3.8) is 0 Å². The molecule has 0 atom stereocenters.